The molecule has 32 heavy (non-hydrogen) atoms. The van der Waals surface area contributed by atoms with E-state index in [1.54, 1.807) is 11.9 Å². The summed E-state index contributed by atoms with van der Waals surface area (Å²) >= 11 is 0. The lowest BCUT2D eigenvalue weighted by Crippen LogP contribution is -2.50. The van der Waals surface area contributed by atoms with E-state index in [0.717, 1.165) is 51.4 Å². The van der Waals surface area contributed by atoms with Crippen molar-refractivity contribution in [3.05, 3.63) is 12.2 Å². The van der Waals surface area contributed by atoms with E-state index in [-0.39, 0.29) is 42.2 Å². The minimum atomic E-state index is -0.561. The Bertz CT molecular complexity index is 689. The van der Waals surface area contributed by atoms with E-state index < -0.39 is 17.9 Å². The third-order valence-corrected chi connectivity index (χ3v) is 7.56. The van der Waals surface area contributed by atoms with Gasteiger partial charge in [-0.15, -0.1) is 0 Å². The van der Waals surface area contributed by atoms with Crippen LogP contribution in [-0.2, 0) is 14.4 Å². The molecular formula is C25H41N3O4. The normalized spacial score (nSPS) is 30.3. The van der Waals surface area contributed by atoms with Gasteiger partial charge in [0.15, 0.2) is 0 Å². The predicted molar refractivity (Wildman–Crippen MR) is 124 cm³/mol. The summed E-state index contributed by atoms with van der Waals surface area (Å²) in [6.07, 6.45) is 13.6. The fourth-order valence-electron chi connectivity index (χ4n) is 5.98. The number of rotatable bonds is 10. The lowest BCUT2D eigenvalue weighted by molar-refractivity contribution is -0.141. The molecule has 0 bridgehead atoms. The molecular weight excluding hydrogens is 406 g/mol. The van der Waals surface area contributed by atoms with E-state index in [9.17, 15) is 14.4 Å². The molecule has 0 aromatic rings. The van der Waals surface area contributed by atoms with Gasteiger partial charge in [0.05, 0.1) is 11.8 Å². The molecule has 2 fully saturated rings. The Kier molecular flexibility index (Phi) is 9.14. The highest BCUT2D eigenvalue weighted by Crippen LogP contribution is 2.45. The van der Waals surface area contributed by atoms with Crippen LogP contribution in [0.25, 0.3) is 0 Å². The van der Waals surface area contributed by atoms with Crippen LogP contribution < -0.4 is 10.6 Å². The van der Waals surface area contributed by atoms with Gasteiger partial charge in [0.1, 0.15) is 6.04 Å². The van der Waals surface area contributed by atoms with Gasteiger partial charge in [-0.3, -0.25) is 14.4 Å². The predicted octanol–water partition coefficient (Wildman–Crippen LogP) is 2.39. The van der Waals surface area contributed by atoms with Crippen molar-refractivity contribution in [3.8, 4) is 0 Å². The van der Waals surface area contributed by atoms with Crippen molar-refractivity contribution in [1.29, 1.82) is 0 Å². The maximum atomic E-state index is 13.7. The first-order valence-corrected chi connectivity index (χ1v) is 12.6. The largest absolute Gasteiger partial charge is 0.396 e. The van der Waals surface area contributed by atoms with Gasteiger partial charge < -0.3 is 20.6 Å². The number of hydrogen-bond donors (Lipinski definition) is 3. The van der Waals surface area contributed by atoms with Gasteiger partial charge in [0.25, 0.3) is 0 Å². The van der Waals surface area contributed by atoms with Crippen molar-refractivity contribution < 1.29 is 19.5 Å². The first-order chi connectivity index (χ1) is 15.5. The van der Waals surface area contributed by atoms with Crippen LogP contribution in [0.3, 0.4) is 0 Å². The third kappa shape index (κ3) is 5.36. The average molecular weight is 448 g/mol. The number of amides is 3. The van der Waals surface area contributed by atoms with Crippen LogP contribution in [0.1, 0.15) is 71.1 Å². The van der Waals surface area contributed by atoms with E-state index in [2.05, 4.69) is 23.6 Å². The number of aliphatic hydroxyl groups excluding tert-OH is 1. The number of likely N-dealkylation sites (tertiary alicyclic amines) is 1. The Balaban J connectivity index is 1.86. The lowest BCUT2D eigenvalue weighted by Gasteiger charge is -2.34. The van der Waals surface area contributed by atoms with E-state index >= 15 is 0 Å². The fraction of sp³-hybridized carbons (Fsp3) is 0.800. The van der Waals surface area contributed by atoms with Gasteiger partial charge in [-0.2, -0.15) is 0 Å². The minimum Gasteiger partial charge on any atom is -0.396 e. The number of allylic oxidation sites excluding steroid dienone is 1. The van der Waals surface area contributed by atoms with Gasteiger partial charge in [-0.1, -0.05) is 44.8 Å². The van der Waals surface area contributed by atoms with E-state index in [4.69, 9.17) is 5.11 Å². The maximum Gasteiger partial charge on any atom is 0.243 e. The molecule has 0 aromatic heterocycles. The van der Waals surface area contributed by atoms with Crippen molar-refractivity contribution in [2.75, 3.05) is 20.2 Å². The van der Waals surface area contributed by atoms with E-state index in [0.29, 0.717) is 13.0 Å². The zero-order valence-corrected chi connectivity index (χ0v) is 19.7. The monoisotopic (exact) mass is 447 g/mol. The second-order valence-electron chi connectivity index (χ2n) is 9.68. The molecule has 3 amide bonds. The standard InChI is InChI=1S/C25H41N3O4/c1-3-10-17-13-14-19-21(20(17)23(30)26-2)25(32)28(15-8-5-9-16-29)22(19)24(31)27-18-11-6-4-7-12-18/h13-14,17-22,29H,3-12,15-16H2,1-2H3,(H,26,30)(H,27,31)/t17-,19+,20-,21-,22+/m1/s1. The molecule has 7 nitrogen and oxygen atoms in total. The summed E-state index contributed by atoms with van der Waals surface area (Å²) in [6.45, 7) is 2.71. The van der Waals surface area contributed by atoms with Crippen LogP contribution in [-0.4, -0.2) is 60.0 Å². The molecule has 0 unspecified atom stereocenters. The summed E-state index contributed by atoms with van der Waals surface area (Å²) in [7, 11) is 1.62. The Morgan fingerprint density at radius 3 is 2.50 bits per heavy atom. The number of carbonyl (C=O) groups excluding carboxylic acids is 3. The molecule has 5 atom stereocenters. The average Bonchev–Trinajstić information content (AvgIpc) is 3.08. The van der Waals surface area contributed by atoms with E-state index in [1.165, 1.54) is 6.42 Å². The molecule has 1 saturated heterocycles. The van der Waals surface area contributed by atoms with Crippen molar-refractivity contribution in [2.24, 2.45) is 23.7 Å². The lowest BCUT2D eigenvalue weighted by atomic mass is 9.68. The molecule has 3 rings (SSSR count). The van der Waals surface area contributed by atoms with Crippen LogP contribution in [0, 0.1) is 23.7 Å². The molecule has 2 aliphatic carbocycles. The first-order valence-electron chi connectivity index (χ1n) is 12.6. The quantitative estimate of drug-likeness (QED) is 0.354. The fourth-order valence-corrected chi connectivity index (χ4v) is 5.98. The first kappa shape index (κ1) is 24.7. The number of nitrogens with zero attached hydrogens (tertiary/aromatic N) is 1. The zero-order valence-electron chi connectivity index (χ0n) is 19.7. The number of carbonyl (C=O) groups is 3. The van der Waals surface area contributed by atoms with Crippen molar-refractivity contribution in [2.45, 2.75) is 83.2 Å². The SMILES string of the molecule is CCC[C@@H]1C=C[C@H]2[C@@H](C(=O)N(CCCCCO)[C@@H]2C(=O)NC2CCCCC2)[C@@H]1C(=O)NC. The number of hydrogen-bond acceptors (Lipinski definition) is 4. The van der Waals surface area contributed by atoms with Gasteiger partial charge in [0.2, 0.25) is 17.7 Å². The summed E-state index contributed by atoms with van der Waals surface area (Å²) < 4.78 is 0. The smallest absolute Gasteiger partial charge is 0.243 e. The molecule has 3 aliphatic rings. The molecule has 0 spiro atoms. The molecule has 7 heteroatoms. The molecule has 1 heterocycles. The topological polar surface area (TPSA) is 98.7 Å². The summed E-state index contributed by atoms with van der Waals surface area (Å²) in [4.78, 5) is 41.8. The summed E-state index contributed by atoms with van der Waals surface area (Å²) in [6, 6.07) is -0.383. The molecule has 0 radical (unpaired) electrons. The Labute approximate surface area is 192 Å². The van der Waals surface area contributed by atoms with Crippen molar-refractivity contribution in [3.63, 3.8) is 0 Å². The third-order valence-electron chi connectivity index (χ3n) is 7.56. The van der Waals surface area contributed by atoms with Crippen LogP contribution in [0.15, 0.2) is 12.2 Å². The second kappa shape index (κ2) is 11.8. The Hall–Kier alpha value is -1.89. The summed E-state index contributed by atoms with van der Waals surface area (Å²) in [5.74, 6) is -1.44. The summed E-state index contributed by atoms with van der Waals surface area (Å²) in [5.41, 5.74) is 0. The number of unbranched alkanes of at least 4 members (excludes halogenated alkanes) is 2. The van der Waals surface area contributed by atoms with Crippen LogP contribution in [0.4, 0.5) is 0 Å². The van der Waals surface area contributed by atoms with E-state index in [1.807, 2.05) is 6.08 Å². The van der Waals surface area contributed by atoms with Crippen molar-refractivity contribution >= 4 is 17.7 Å². The van der Waals surface area contributed by atoms with Crippen LogP contribution >= 0.6 is 0 Å². The molecule has 1 saturated carbocycles. The van der Waals surface area contributed by atoms with Crippen LogP contribution in [0.2, 0.25) is 0 Å². The minimum absolute atomic E-state index is 0.0153. The zero-order chi connectivity index (χ0) is 23.1. The highest BCUT2D eigenvalue weighted by Gasteiger charge is 2.56. The molecule has 1 aliphatic heterocycles. The maximum absolute atomic E-state index is 13.7. The highest BCUT2D eigenvalue weighted by molar-refractivity contribution is 5.96. The number of fused-ring (bicyclic) bond motifs is 1. The molecule has 0 aromatic carbocycles. The van der Waals surface area contributed by atoms with Gasteiger partial charge in [-0.25, -0.2) is 0 Å². The van der Waals surface area contributed by atoms with Crippen molar-refractivity contribution in [1.82, 2.24) is 15.5 Å². The van der Waals surface area contributed by atoms with Gasteiger partial charge in [-0.05, 0) is 44.4 Å². The molecule has 180 valence electrons. The van der Waals surface area contributed by atoms with Crippen LogP contribution in [0.5, 0.6) is 0 Å². The summed E-state index contributed by atoms with van der Waals surface area (Å²) in [5, 5.41) is 15.1. The number of aliphatic hydroxyl groups is 1. The van der Waals surface area contributed by atoms with Gasteiger partial charge >= 0.3 is 0 Å². The highest BCUT2D eigenvalue weighted by atomic mass is 16.3. The van der Waals surface area contributed by atoms with Gasteiger partial charge in [0, 0.05) is 32.2 Å². The second-order valence-corrected chi connectivity index (χ2v) is 9.68. The molecule has 3 N–H and O–H groups in total. The Morgan fingerprint density at radius 2 is 1.84 bits per heavy atom. The Morgan fingerprint density at radius 1 is 1.09 bits per heavy atom. The number of nitrogens with one attached hydrogen (secondary N) is 2.